The van der Waals surface area contributed by atoms with E-state index in [1.54, 1.807) is 6.08 Å². The van der Waals surface area contributed by atoms with Gasteiger partial charge < -0.3 is 11.1 Å². The molecule has 1 amide bonds. The molecular weight excluding hydrogens is 176 g/mol. The van der Waals surface area contributed by atoms with Gasteiger partial charge in [0.2, 0.25) is 5.91 Å². The van der Waals surface area contributed by atoms with Gasteiger partial charge in [0.15, 0.2) is 0 Å². The highest BCUT2D eigenvalue weighted by Crippen LogP contribution is 2.03. The Hall–Kier alpha value is -0.830. The zero-order valence-electron chi connectivity index (χ0n) is 9.42. The quantitative estimate of drug-likeness (QED) is 0.634. The van der Waals surface area contributed by atoms with Crippen LogP contribution in [0, 0.1) is 5.92 Å². The molecule has 0 bridgehead atoms. The molecule has 2 unspecified atom stereocenters. The fraction of sp³-hybridized carbons (Fsp3) is 0.727. The highest BCUT2D eigenvalue weighted by atomic mass is 16.1. The predicted molar refractivity (Wildman–Crippen MR) is 59.8 cm³/mol. The molecule has 0 aliphatic carbocycles. The van der Waals surface area contributed by atoms with Gasteiger partial charge >= 0.3 is 0 Å². The van der Waals surface area contributed by atoms with Crippen molar-refractivity contribution in [2.24, 2.45) is 11.7 Å². The minimum absolute atomic E-state index is 0.0283. The molecule has 0 rings (SSSR count). The first-order valence-electron chi connectivity index (χ1n) is 5.13. The maximum absolute atomic E-state index is 11.4. The minimum atomic E-state index is -0.0501. The molecule has 0 aromatic carbocycles. The minimum Gasteiger partial charge on any atom is -0.353 e. The highest BCUT2D eigenvalue weighted by Gasteiger charge is 2.13. The second-order valence-corrected chi connectivity index (χ2v) is 4.10. The third-order valence-electron chi connectivity index (χ3n) is 2.21. The zero-order chi connectivity index (χ0) is 11.1. The van der Waals surface area contributed by atoms with E-state index < -0.39 is 0 Å². The van der Waals surface area contributed by atoms with Crippen LogP contribution in [0.15, 0.2) is 12.7 Å². The van der Waals surface area contributed by atoms with E-state index in [0.29, 0.717) is 12.3 Å². The lowest BCUT2D eigenvalue weighted by Crippen LogP contribution is -2.38. The molecule has 0 saturated carbocycles. The normalized spacial score (nSPS) is 14.9. The Bertz CT molecular complexity index is 190. The van der Waals surface area contributed by atoms with Crippen LogP contribution in [0.1, 0.15) is 33.6 Å². The van der Waals surface area contributed by atoms with E-state index in [4.69, 9.17) is 5.73 Å². The number of carbonyl (C=O) groups is 1. The maximum atomic E-state index is 11.4. The third kappa shape index (κ3) is 5.75. The summed E-state index contributed by atoms with van der Waals surface area (Å²) in [5.41, 5.74) is 5.79. The second kappa shape index (κ2) is 6.60. The summed E-state index contributed by atoms with van der Waals surface area (Å²) >= 11 is 0. The third-order valence-corrected chi connectivity index (χ3v) is 2.21. The number of amides is 1. The van der Waals surface area contributed by atoms with Gasteiger partial charge in [0.05, 0.1) is 0 Å². The van der Waals surface area contributed by atoms with Crippen LogP contribution >= 0.6 is 0 Å². The molecular formula is C11H22N2O. The van der Waals surface area contributed by atoms with Crippen LogP contribution < -0.4 is 11.1 Å². The smallest absolute Gasteiger partial charge is 0.221 e. The fourth-order valence-corrected chi connectivity index (χ4v) is 1.09. The monoisotopic (exact) mass is 198 g/mol. The van der Waals surface area contributed by atoms with Gasteiger partial charge in [-0.1, -0.05) is 19.9 Å². The average Bonchev–Trinajstić information content (AvgIpc) is 2.03. The summed E-state index contributed by atoms with van der Waals surface area (Å²) in [7, 11) is 0. The molecule has 0 saturated heterocycles. The van der Waals surface area contributed by atoms with Crippen molar-refractivity contribution in [3.05, 3.63) is 12.7 Å². The van der Waals surface area contributed by atoms with Crippen molar-refractivity contribution < 1.29 is 4.79 Å². The molecule has 0 heterocycles. The fourth-order valence-electron chi connectivity index (χ4n) is 1.09. The topological polar surface area (TPSA) is 55.1 Å². The van der Waals surface area contributed by atoms with Gasteiger partial charge in [-0.2, -0.15) is 0 Å². The van der Waals surface area contributed by atoms with Crippen LogP contribution in [0.25, 0.3) is 0 Å². The summed E-state index contributed by atoms with van der Waals surface area (Å²) in [6, 6.07) is 0.102. The van der Waals surface area contributed by atoms with E-state index in [9.17, 15) is 4.79 Å². The van der Waals surface area contributed by atoms with Crippen LogP contribution in [-0.4, -0.2) is 18.0 Å². The van der Waals surface area contributed by atoms with Crippen LogP contribution in [0.2, 0.25) is 0 Å². The Kier molecular flexibility index (Phi) is 6.21. The lowest BCUT2D eigenvalue weighted by Gasteiger charge is -2.17. The second-order valence-electron chi connectivity index (χ2n) is 4.10. The molecule has 0 radical (unpaired) electrons. The van der Waals surface area contributed by atoms with Crippen LogP contribution in [0.5, 0.6) is 0 Å². The standard InChI is InChI=1S/C11H22N2O/c1-5-6-9(4)13-11(14)7-10(12)8(2)3/h5,8-10H,1,6-7,12H2,2-4H3,(H,13,14). The Morgan fingerprint density at radius 1 is 1.50 bits per heavy atom. The van der Waals surface area contributed by atoms with E-state index in [0.717, 1.165) is 6.42 Å². The van der Waals surface area contributed by atoms with Gasteiger partial charge in [-0.15, -0.1) is 6.58 Å². The van der Waals surface area contributed by atoms with Crippen molar-refractivity contribution in [1.82, 2.24) is 5.32 Å². The van der Waals surface area contributed by atoms with Gasteiger partial charge in [0.25, 0.3) is 0 Å². The summed E-state index contributed by atoms with van der Waals surface area (Å²) in [6.07, 6.45) is 3.00. The van der Waals surface area contributed by atoms with Gasteiger partial charge in [0.1, 0.15) is 0 Å². The number of nitrogens with two attached hydrogens (primary N) is 1. The number of hydrogen-bond acceptors (Lipinski definition) is 2. The van der Waals surface area contributed by atoms with Crippen molar-refractivity contribution in [1.29, 1.82) is 0 Å². The van der Waals surface area contributed by atoms with Crippen LogP contribution in [0.4, 0.5) is 0 Å². The molecule has 3 N–H and O–H groups in total. The molecule has 82 valence electrons. The van der Waals surface area contributed by atoms with Crippen molar-refractivity contribution in [2.75, 3.05) is 0 Å². The first-order valence-corrected chi connectivity index (χ1v) is 5.13. The van der Waals surface area contributed by atoms with E-state index in [1.807, 2.05) is 20.8 Å². The molecule has 0 aliphatic rings. The van der Waals surface area contributed by atoms with Gasteiger partial charge in [-0.3, -0.25) is 4.79 Å². The Labute approximate surface area is 86.8 Å². The summed E-state index contributed by atoms with van der Waals surface area (Å²) in [5.74, 6) is 0.371. The summed E-state index contributed by atoms with van der Waals surface area (Å²) in [6.45, 7) is 9.62. The summed E-state index contributed by atoms with van der Waals surface area (Å²) < 4.78 is 0. The largest absolute Gasteiger partial charge is 0.353 e. The zero-order valence-corrected chi connectivity index (χ0v) is 9.42. The van der Waals surface area contributed by atoms with E-state index in [2.05, 4.69) is 11.9 Å². The Morgan fingerprint density at radius 3 is 2.50 bits per heavy atom. The van der Waals surface area contributed by atoms with E-state index in [-0.39, 0.29) is 18.0 Å². The first-order chi connectivity index (χ1) is 6.47. The molecule has 14 heavy (non-hydrogen) atoms. The molecule has 3 heteroatoms. The lowest BCUT2D eigenvalue weighted by molar-refractivity contribution is -0.122. The van der Waals surface area contributed by atoms with Crippen molar-refractivity contribution in [3.63, 3.8) is 0 Å². The molecule has 3 nitrogen and oxygen atoms in total. The molecule has 2 atom stereocenters. The molecule has 0 fully saturated rings. The van der Waals surface area contributed by atoms with Crippen LogP contribution in [-0.2, 0) is 4.79 Å². The maximum Gasteiger partial charge on any atom is 0.221 e. The van der Waals surface area contributed by atoms with E-state index >= 15 is 0 Å². The number of carbonyl (C=O) groups excluding carboxylic acids is 1. The van der Waals surface area contributed by atoms with Gasteiger partial charge in [-0.05, 0) is 19.3 Å². The molecule has 0 aliphatic heterocycles. The van der Waals surface area contributed by atoms with Gasteiger partial charge in [-0.25, -0.2) is 0 Å². The number of hydrogen-bond donors (Lipinski definition) is 2. The Balaban J connectivity index is 3.80. The molecule has 0 aromatic rings. The average molecular weight is 198 g/mol. The van der Waals surface area contributed by atoms with Crippen molar-refractivity contribution in [3.8, 4) is 0 Å². The lowest BCUT2D eigenvalue weighted by atomic mass is 10.0. The SMILES string of the molecule is C=CCC(C)NC(=O)CC(N)C(C)C. The number of nitrogens with one attached hydrogen (secondary N) is 1. The number of rotatable bonds is 6. The summed E-state index contributed by atoms with van der Waals surface area (Å²) in [4.78, 5) is 11.4. The van der Waals surface area contributed by atoms with Crippen LogP contribution in [0.3, 0.4) is 0 Å². The first kappa shape index (κ1) is 13.2. The highest BCUT2D eigenvalue weighted by molar-refractivity contribution is 5.76. The Morgan fingerprint density at radius 2 is 2.07 bits per heavy atom. The van der Waals surface area contributed by atoms with E-state index in [1.165, 1.54) is 0 Å². The molecule has 0 spiro atoms. The van der Waals surface area contributed by atoms with Gasteiger partial charge in [0, 0.05) is 18.5 Å². The van der Waals surface area contributed by atoms with Crippen molar-refractivity contribution >= 4 is 5.91 Å². The van der Waals surface area contributed by atoms with Crippen molar-refractivity contribution in [2.45, 2.75) is 45.7 Å². The predicted octanol–water partition coefficient (Wildman–Crippen LogP) is 1.44. The molecule has 0 aromatic heterocycles. The summed E-state index contributed by atoms with van der Waals surface area (Å²) in [5, 5.41) is 2.88.